The lowest BCUT2D eigenvalue weighted by atomic mass is 9.83. The standard InChI is InChI=1S/C41H49F5N6O10/c1-5-10-23(34(54)38(58)48-17-25(53)50-32(35(47)55)20-13-9-14-21(42)15-20)49-36(56)24-16-22(62-41(2,3)4)18-52(24)39(59)33(19-11-7-6-8-12-19)51-37(57)26-27(40(60)61)29(44)31(46)30(45)28(26)43/h9,13-15,19,22-24,32-33H,5-8,10-12,16-18H2,1-4H3,(H2,47,55)(H,48,58)(H,49,56)(H,50,53)(H,51,57)(H,60,61)/t22-,23?,24+,32?,33+/m1/s1. The largest absolute Gasteiger partial charge is 0.478 e. The molecule has 1 saturated heterocycles. The molecule has 2 aliphatic rings. The molecule has 1 aliphatic carbocycles. The van der Waals surface area contributed by atoms with Crippen LogP contribution < -0.4 is 27.0 Å². The van der Waals surface area contributed by atoms with Crippen LogP contribution in [-0.4, -0.2) is 100 Å². The van der Waals surface area contributed by atoms with Gasteiger partial charge in [-0.2, -0.15) is 0 Å². The van der Waals surface area contributed by atoms with E-state index in [1.165, 1.54) is 12.1 Å². The number of primary amides is 1. The Morgan fingerprint density at radius 2 is 1.52 bits per heavy atom. The lowest BCUT2D eigenvalue weighted by Gasteiger charge is -2.35. The second-order valence-electron chi connectivity index (χ2n) is 16.1. The van der Waals surface area contributed by atoms with Crippen molar-refractivity contribution in [3.8, 4) is 0 Å². The molecule has 6 amide bonds. The minimum absolute atomic E-state index is 0.0147. The number of likely N-dealkylation sites (tertiary alicyclic amines) is 1. The highest BCUT2D eigenvalue weighted by atomic mass is 19.2. The van der Waals surface area contributed by atoms with Crippen LogP contribution in [0.3, 0.4) is 0 Å². The van der Waals surface area contributed by atoms with Gasteiger partial charge in [0.15, 0.2) is 23.3 Å². The first kappa shape index (κ1) is 48.7. The summed E-state index contributed by atoms with van der Waals surface area (Å²) in [4.78, 5) is 106. The number of nitrogens with two attached hydrogens (primary N) is 1. The summed E-state index contributed by atoms with van der Waals surface area (Å²) in [5.74, 6) is -21.4. The molecule has 5 atom stereocenters. The van der Waals surface area contributed by atoms with Crippen molar-refractivity contribution in [1.29, 1.82) is 0 Å². The number of rotatable bonds is 17. The molecule has 16 nitrogen and oxygen atoms in total. The van der Waals surface area contributed by atoms with E-state index >= 15 is 4.39 Å². The van der Waals surface area contributed by atoms with Crippen LogP contribution in [-0.2, 0) is 33.5 Å². The highest BCUT2D eigenvalue weighted by molar-refractivity contribution is 6.38. The van der Waals surface area contributed by atoms with Gasteiger partial charge in [0.1, 0.15) is 29.5 Å². The van der Waals surface area contributed by atoms with Crippen molar-refractivity contribution in [1.82, 2.24) is 26.2 Å². The number of carboxylic acid groups (broad SMARTS) is 1. The zero-order valence-electron chi connectivity index (χ0n) is 34.4. The highest BCUT2D eigenvalue weighted by Gasteiger charge is 2.47. The summed E-state index contributed by atoms with van der Waals surface area (Å²) in [6, 6.07) is -1.37. The van der Waals surface area contributed by atoms with E-state index in [4.69, 9.17) is 10.5 Å². The lowest BCUT2D eigenvalue weighted by molar-refractivity contribution is -0.143. The van der Waals surface area contributed by atoms with E-state index in [0.717, 1.165) is 23.5 Å². The molecule has 1 aliphatic heterocycles. The third kappa shape index (κ3) is 11.9. The number of ether oxygens (including phenoxy) is 1. The quantitative estimate of drug-likeness (QED) is 0.0588. The Balaban J connectivity index is 1.58. The third-order valence-electron chi connectivity index (χ3n) is 10.4. The van der Waals surface area contributed by atoms with Crippen LogP contribution in [0.5, 0.6) is 0 Å². The minimum Gasteiger partial charge on any atom is -0.478 e. The van der Waals surface area contributed by atoms with Crippen LogP contribution in [0.2, 0.25) is 0 Å². The number of ketones is 1. The smallest absolute Gasteiger partial charge is 0.339 e. The number of Topliss-reactive ketones (excluding diaryl/α,β-unsaturated/α-hetero) is 1. The average molecular weight is 881 g/mol. The average Bonchev–Trinajstić information content (AvgIpc) is 3.63. The Hall–Kier alpha value is -5.99. The number of carbonyl (C=O) groups excluding carboxylic acids is 7. The van der Waals surface area contributed by atoms with Crippen LogP contribution in [0.25, 0.3) is 0 Å². The Morgan fingerprint density at radius 3 is 2.08 bits per heavy atom. The number of hydrogen-bond acceptors (Lipinski definition) is 9. The van der Waals surface area contributed by atoms with Crippen LogP contribution in [0.15, 0.2) is 24.3 Å². The summed E-state index contributed by atoms with van der Waals surface area (Å²) in [7, 11) is 0. The molecule has 7 N–H and O–H groups in total. The van der Waals surface area contributed by atoms with Crippen molar-refractivity contribution in [2.75, 3.05) is 13.1 Å². The normalized spacial score (nSPS) is 18.2. The van der Waals surface area contributed by atoms with Gasteiger partial charge in [0.05, 0.1) is 29.9 Å². The van der Waals surface area contributed by atoms with Crippen molar-refractivity contribution in [2.24, 2.45) is 11.7 Å². The van der Waals surface area contributed by atoms with E-state index in [9.17, 15) is 61.0 Å². The molecule has 0 aromatic heterocycles. The molecule has 21 heteroatoms. The summed E-state index contributed by atoms with van der Waals surface area (Å²) < 4.78 is 78.0. The molecular formula is C41H49F5N6O10. The van der Waals surface area contributed by atoms with E-state index in [1.54, 1.807) is 27.7 Å². The zero-order chi connectivity index (χ0) is 46.2. The predicted molar refractivity (Wildman–Crippen MR) is 207 cm³/mol. The molecule has 0 spiro atoms. The molecule has 0 radical (unpaired) electrons. The fourth-order valence-electron chi connectivity index (χ4n) is 7.61. The number of halogens is 5. The molecule has 2 aromatic carbocycles. The predicted octanol–water partition coefficient (Wildman–Crippen LogP) is 2.86. The minimum atomic E-state index is -2.47. The molecule has 2 fully saturated rings. The van der Waals surface area contributed by atoms with Crippen LogP contribution in [0.4, 0.5) is 22.0 Å². The van der Waals surface area contributed by atoms with E-state index < -0.39 is 136 Å². The SMILES string of the molecule is CCCC(NC(=O)[C@@H]1C[C@@H](OC(C)(C)C)CN1C(=O)[C@@H](NC(=O)c1c(F)c(F)c(F)c(F)c1C(=O)O)C1CCCCC1)C(=O)C(=O)NCC(=O)NC(C(N)=O)c1cccc(F)c1. The monoisotopic (exact) mass is 880 g/mol. The molecule has 1 saturated carbocycles. The summed E-state index contributed by atoms with van der Waals surface area (Å²) in [6.07, 6.45) is 1.61. The van der Waals surface area contributed by atoms with E-state index in [2.05, 4.69) is 21.3 Å². The fourth-order valence-corrected chi connectivity index (χ4v) is 7.61. The maximum Gasteiger partial charge on any atom is 0.339 e. The summed E-state index contributed by atoms with van der Waals surface area (Å²) >= 11 is 0. The Morgan fingerprint density at radius 1 is 0.887 bits per heavy atom. The van der Waals surface area contributed by atoms with Gasteiger partial charge in [-0.15, -0.1) is 0 Å². The van der Waals surface area contributed by atoms with Gasteiger partial charge in [0.2, 0.25) is 29.4 Å². The maximum absolute atomic E-state index is 15.1. The number of hydrogen-bond donors (Lipinski definition) is 6. The van der Waals surface area contributed by atoms with E-state index in [-0.39, 0.29) is 31.4 Å². The number of amides is 6. The number of nitrogens with zero attached hydrogens (tertiary/aromatic N) is 1. The molecule has 2 unspecified atom stereocenters. The molecule has 1 heterocycles. The van der Waals surface area contributed by atoms with Gasteiger partial charge in [0.25, 0.3) is 11.8 Å². The van der Waals surface area contributed by atoms with Gasteiger partial charge in [0, 0.05) is 13.0 Å². The second-order valence-corrected chi connectivity index (χ2v) is 16.1. The van der Waals surface area contributed by atoms with Crippen LogP contribution in [0.1, 0.15) is 111 Å². The van der Waals surface area contributed by atoms with E-state index in [1.807, 2.05) is 0 Å². The number of carbonyl (C=O) groups is 8. The summed E-state index contributed by atoms with van der Waals surface area (Å²) in [5, 5.41) is 18.6. The fraction of sp³-hybridized carbons (Fsp3) is 0.512. The van der Waals surface area contributed by atoms with Crippen molar-refractivity contribution in [2.45, 2.75) is 115 Å². The molecule has 62 heavy (non-hydrogen) atoms. The first-order valence-electron chi connectivity index (χ1n) is 19.9. The van der Waals surface area contributed by atoms with Gasteiger partial charge in [-0.1, -0.05) is 44.7 Å². The highest BCUT2D eigenvalue weighted by Crippen LogP contribution is 2.32. The number of carboxylic acids is 1. The van der Waals surface area contributed by atoms with Crippen molar-refractivity contribution in [3.63, 3.8) is 0 Å². The Labute approximate surface area is 352 Å². The summed E-state index contributed by atoms with van der Waals surface area (Å²) in [5.41, 5.74) is 1.07. The number of aromatic carboxylic acids is 1. The first-order chi connectivity index (χ1) is 29.1. The van der Waals surface area contributed by atoms with Crippen molar-refractivity contribution < 1.29 is 70.2 Å². The molecule has 2 aromatic rings. The Kier molecular flexibility index (Phi) is 16.3. The molecule has 4 rings (SSSR count). The second kappa shape index (κ2) is 20.7. The topological polar surface area (TPSA) is 243 Å². The van der Waals surface area contributed by atoms with Gasteiger partial charge in [-0.3, -0.25) is 33.6 Å². The molecular weight excluding hydrogens is 831 g/mol. The van der Waals surface area contributed by atoms with Crippen LogP contribution >= 0.6 is 0 Å². The van der Waals surface area contributed by atoms with Gasteiger partial charge < -0.3 is 41.7 Å². The number of benzene rings is 2. The Bertz CT molecular complexity index is 2090. The van der Waals surface area contributed by atoms with Crippen molar-refractivity contribution >= 4 is 47.2 Å². The first-order valence-corrected chi connectivity index (χ1v) is 19.9. The molecule has 338 valence electrons. The van der Waals surface area contributed by atoms with Gasteiger partial charge in [-0.25, -0.2) is 26.7 Å². The van der Waals surface area contributed by atoms with Crippen LogP contribution in [0, 0.1) is 35.0 Å². The lowest BCUT2D eigenvalue weighted by Crippen LogP contribution is -2.58. The van der Waals surface area contributed by atoms with Gasteiger partial charge in [-0.05, 0) is 63.6 Å². The van der Waals surface area contributed by atoms with E-state index in [0.29, 0.717) is 25.7 Å². The van der Waals surface area contributed by atoms with Gasteiger partial charge >= 0.3 is 5.97 Å². The number of nitrogens with one attached hydrogen (secondary N) is 4. The third-order valence-corrected chi connectivity index (χ3v) is 10.4. The zero-order valence-corrected chi connectivity index (χ0v) is 34.4. The maximum atomic E-state index is 15.1. The van der Waals surface area contributed by atoms with Crippen molar-refractivity contribution in [3.05, 3.63) is 70.0 Å². The molecule has 0 bridgehead atoms. The summed E-state index contributed by atoms with van der Waals surface area (Å²) in [6.45, 7) is 5.65.